The zero-order chi connectivity index (χ0) is 49.2. The lowest BCUT2D eigenvalue weighted by Crippen LogP contribution is -2.63. The van der Waals surface area contributed by atoms with Crippen LogP contribution in [0.15, 0.2) is 0 Å². The number of carbonyl (C=O) groups excluding carboxylic acids is 8. The maximum absolute atomic E-state index is 14.1. The smallest absolute Gasteiger partial charge is 0.330 e. The van der Waals surface area contributed by atoms with Crippen molar-refractivity contribution in [2.75, 3.05) is 33.5 Å². The summed E-state index contributed by atoms with van der Waals surface area (Å²) < 4.78 is 16.5. The van der Waals surface area contributed by atoms with Gasteiger partial charge in [0.2, 0.25) is 41.4 Å². The van der Waals surface area contributed by atoms with Crippen LogP contribution in [0.3, 0.4) is 0 Å². The summed E-state index contributed by atoms with van der Waals surface area (Å²) in [5, 5.41) is 22.6. The normalized spacial score (nSPS) is 20.7. The van der Waals surface area contributed by atoms with E-state index in [9.17, 15) is 38.4 Å². The highest BCUT2D eigenvalue weighted by molar-refractivity contribution is 5.99. The van der Waals surface area contributed by atoms with Crippen LogP contribution in [-0.2, 0) is 52.6 Å². The number of methoxy groups -OCH3 is 1. The summed E-state index contributed by atoms with van der Waals surface area (Å²) in [7, 11) is 1.21. The Bertz CT molecular complexity index is 1620. The van der Waals surface area contributed by atoms with E-state index in [2.05, 4.69) is 42.5 Å². The van der Waals surface area contributed by atoms with Crippen LogP contribution in [0.1, 0.15) is 134 Å². The van der Waals surface area contributed by atoms with Crippen LogP contribution >= 0.6 is 0 Å². The Labute approximate surface area is 386 Å². The van der Waals surface area contributed by atoms with Gasteiger partial charge < -0.3 is 56.7 Å². The van der Waals surface area contributed by atoms with E-state index in [0.717, 1.165) is 12.8 Å². The second-order valence-corrected chi connectivity index (χ2v) is 20.3. The molecule has 7 atom stereocenters. The lowest BCUT2D eigenvalue weighted by molar-refractivity contribution is -0.149. The number of amides is 7. The van der Waals surface area contributed by atoms with Gasteiger partial charge in [-0.2, -0.15) is 0 Å². The molecule has 19 heteroatoms. The van der Waals surface area contributed by atoms with Gasteiger partial charge in [0, 0.05) is 26.4 Å². The summed E-state index contributed by atoms with van der Waals surface area (Å²) >= 11 is 0. The first-order valence-corrected chi connectivity index (χ1v) is 23.4. The number of nitrogens with one attached hydrogen (secondary N) is 8. The molecule has 7 amide bonds. The van der Waals surface area contributed by atoms with Crippen LogP contribution in [0.2, 0.25) is 0 Å². The molecule has 2 rings (SSSR count). The molecule has 0 saturated carbocycles. The van der Waals surface area contributed by atoms with E-state index < -0.39 is 88.7 Å². The SMILES string of the molecule is COC(=O)C(C)(C)NC(=O)[C@H](CC(C)C)NC(=O)[C@H](CC(C)C)NC(=O)C(C)(C)NC(=O)[C@H](CC(C)C)NC(=O)[C@H](CC(C)C)NC(=O)C1CCOCCCCO[C@@H]2CN[C@@H](C2)C(=O)N1. The van der Waals surface area contributed by atoms with Gasteiger partial charge in [-0.05, 0) is 103 Å². The van der Waals surface area contributed by atoms with E-state index in [0.29, 0.717) is 26.2 Å². The minimum Gasteiger partial charge on any atom is -0.467 e. The third-order valence-electron chi connectivity index (χ3n) is 11.1. The summed E-state index contributed by atoms with van der Waals surface area (Å²) in [6.07, 6.45) is 2.99. The Morgan fingerprint density at radius 1 is 0.646 bits per heavy atom. The van der Waals surface area contributed by atoms with Gasteiger partial charge in [-0.25, -0.2) is 4.79 Å². The Kier molecular flexibility index (Phi) is 23.3. The molecule has 2 bridgehead atoms. The summed E-state index contributed by atoms with van der Waals surface area (Å²) in [6.45, 7) is 22.7. The molecule has 0 aliphatic carbocycles. The zero-order valence-corrected chi connectivity index (χ0v) is 41.3. The van der Waals surface area contributed by atoms with Gasteiger partial charge in [-0.1, -0.05) is 55.4 Å². The fourth-order valence-electron chi connectivity index (χ4n) is 7.55. The van der Waals surface area contributed by atoms with Gasteiger partial charge in [0.15, 0.2) is 0 Å². The number of hydrogen-bond donors (Lipinski definition) is 8. The van der Waals surface area contributed by atoms with Crippen molar-refractivity contribution in [3.63, 3.8) is 0 Å². The lowest BCUT2D eigenvalue weighted by atomic mass is 9.96. The van der Waals surface area contributed by atoms with Crippen molar-refractivity contribution in [1.82, 2.24) is 42.5 Å². The monoisotopic (exact) mass is 923 g/mol. The Morgan fingerprint density at radius 2 is 1.11 bits per heavy atom. The summed E-state index contributed by atoms with van der Waals surface area (Å²) in [6, 6.07) is -5.87. The van der Waals surface area contributed by atoms with Gasteiger partial charge in [0.25, 0.3) is 0 Å². The highest BCUT2D eigenvalue weighted by Gasteiger charge is 2.39. The van der Waals surface area contributed by atoms with Crippen LogP contribution < -0.4 is 42.5 Å². The maximum Gasteiger partial charge on any atom is 0.330 e. The second-order valence-electron chi connectivity index (χ2n) is 20.3. The van der Waals surface area contributed by atoms with Gasteiger partial charge in [-0.3, -0.25) is 33.6 Å². The molecule has 2 heterocycles. The van der Waals surface area contributed by atoms with Gasteiger partial charge >= 0.3 is 5.97 Å². The molecular formula is C46H82N8O11. The molecule has 19 nitrogen and oxygen atoms in total. The fraction of sp³-hybridized carbons (Fsp3) is 0.826. The molecule has 0 aromatic carbocycles. The summed E-state index contributed by atoms with van der Waals surface area (Å²) in [4.78, 5) is 109. The topological polar surface area (TPSA) is 260 Å². The third-order valence-corrected chi connectivity index (χ3v) is 11.1. The van der Waals surface area contributed by atoms with E-state index in [1.165, 1.54) is 34.8 Å². The van der Waals surface area contributed by atoms with Crippen molar-refractivity contribution in [1.29, 1.82) is 0 Å². The van der Waals surface area contributed by atoms with Gasteiger partial charge in [0.1, 0.15) is 41.3 Å². The number of ether oxygens (including phenoxy) is 3. The molecule has 0 spiro atoms. The third kappa shape index (κ3) is 20.0. The van der Waals surface area contributed by atoms with E-state index in [4.69, 9.17) is 14.2 Å². The molecule has 0 aromatic rings. The van der Waals surface area contributed by atoms with Crippen molar-refractivity contribution in [2.45, 2.75) is 188 Å². The number of hydrogen-bond acceptors (Lipinski definition) is 12. The summed E-state index contributed by atoms with van der Waals surface area (Å²) in [5.41, 5.74) is -2.96. The predicted octanol–water partition coefficient (Wildman–Crippen LogP) is 1.51. The number of fused-ring (bicyclic) bond motifs is 2. The Hall–Kier alpha value is -4.36. The van der Waals surface area contributed by atoms with E-state index >= 15 is 0 Å². The summed E-state index contributed by atoms with van der Waals surface area (Å²) in [5.74, 6) is -4.98. The van der Waals surface area contributed by atoms with Crippen LogP contribution in [0.25, 0.3) is 0 Å². The van der Waals surface area contributed by atoms with Crippen molar-refractivity contribution in [3.05, 3.63) is 0 Å². The number of esters is 1. The van der Waals surface area contributed by atoms with Gasteiger partial charge in [-0.15, -0.1) is 0 Å². The van der Waals surface area contributed by atoms with E-state index in [1.807, 2.05) is 55.4 Å². The fourth-order valence-corrected chi connectivity index (χ4v) is 7.55. The second kappa shape index (κ2) is 26.7. The van der Waals surface area contributed by atoms with Crippen molar-refractivity contribution in [2.24, 2.45) is 23.7 Å². The van der Waals surface area contributed by atoms with E-state index in [-0.39, 0.29) is 74.4 Å². The molecular weight excluding hydrogens is 841 g/mol. The molecule has 0 aromatic heterocycles. The quantitative estimate of drug-likeness (QED) is 0.0763. The minimum absolute atomic E-state index is 0.0262. The maximum atomic E-state index is 14.1. The molecule has 372 valence electrons. The first-order valence-electron chi connectivity index (χ1n) is 23.4. The Morgan fingerprint density at radius 3 is 1.60 bits per heavy atom. The largest absolute Gasteiger partial charge is 0.467 e. The predicted molar refractivity (Wildman–Crippen MR) is 245 cm³/mol. The van der Waals surface area contributed by atoms with Crippen LogP contribution in [0.4, 0.5) is 0 Å². The van der Waals surface area contributed by atoms with Crippen molar-refractivity contribution >= 4 is 47.3 Å². The van der Waals surface area contributed by atoms with Gasteiger partial charge in [0.05, 0.1) is 19.3 Å². The number of carbonyl (C=O) groups is 8. The molecule has 1 unspecified atom stereocenters. The highest BCUT2D eigenvalue weighted by Crippen LogP contribution is 2.16. The first kappa shape index (κ1) is 56.8. The average Bonchev–Trinajstić information content (AvgIpc) is 3.67. The standard InChI is InChI=1S/C46H82N8O11/c1-26(2)20-33(49-37(55)31-16-19-64-17-14-15-18-65-30-24-32(47-25-30)38(56)48-31)39(57)50-35(22-28(5)6)41(59)53-45(9,10)43(61)52-34(21-27(3)4)40(58)51-36(23-29(7)8)42(60)54-46(11,12)44(62)63-13/h26-36,47H,14-25H2,1-13H3,(H,48,56)(H,49,55)(H,50,57)(H,51,58)(H,52,61)(H,53,59)(H,54,60)/t30-,31?,32-,33-,34-,35-,36-/m0/s1. The zero-order valence-electron chi connectivity index (χ0n) is 41.3. The van der Waals surface area contributed by atoms with Crippen LogP contribution in [0, 0.1) is 23.7 Å². The molecule has 65 heavy (non-hydrogen) atoms. The minimum atomic E-state index is -1.59. The van der Waals surface area contributed by atoms with E-state index in [1.54, 1.807) is 0 Å². The van der Waals surface area contributed by atoms with Crippen LogP contribution in [0.5, 0.6) is 0 Å². The molecule has 2 fully saturated rings. The molecule has 8 N–H and O–H groups in total. The lowest BCUT2D eigenvalue weighted by Gasteiger charge is -2.32. The first-order chi connectivity index (χ1) is 30.3. The van der Waals surface area contributed by atoms with Crippen molar-refractivity contribution in [3.8, 4) is 0 Å². The molecule has 2 aliphatic heterocycles. The number of rotatable bonds is 21. The highest BCUT2D eigenvalue weighted by atomic mass is 16.5. The molecule has 2 aliphatic rings. The average molecular weight is 923 g/mol. The van der Waals surface area contributed by atoms with Crippen LogP contribution in [-0.4, -0.2) is 134 Å². The molecule has 0 radical (unpaired) electrons. The Balaban J connectivity index is 2.25. The molecule has 2 saturated heterocycles. The van der Waals surface area contributed by atoms with Crippen molar-refractivity contribution < 1.29 is 52.6 Å².